The van der Waals surface area contributed by atoms with Crippen LogP contribution in [-0.4, -0.2) is 23.9 Å². The Kier molecular flexibility index (Phi) is 3.30. The number of benzene rings is 1. The van der Waals surface area contributed by atoms with E-state index in [1.165, 1.54) is 0 Å². The van der Waals surface area contributed by atoms with Crippen molar-refractivity contribution in [2.24, 2.45) is 11.0 Å². The summed E-state index contributed by atoms with van der Waals surface area (Å²) in [5, 5.41) is 3.47. The van der Waals surface area contributed by atoms with Crippen molar-refractivity contribution >= 4 is 11.6 Å². The van der Waals surface area contributed by atoms with E-state index in [0.717, 1.165) is 19.5 Å². The van der Waals surface area contributed by atoms with Gasteiger partial charge in [-0.25, -0.2) is 0 Å². The van der Waals surface area contributed by atoms with Crippen LogP contribution in [0.3, 0.4) is 0 Å². The Bertz CT molecular complexity index is 462. The molecule has 0 N–H and O–H groups in total. The Balaban J connectivity index is 2.11. The van der Waals surface area contributed by atoms with E-state index in [4.69, 9.17) is 5.53 Å². The lowest BCUT2D eigenvalue weighted by Gasteiger charge is -2.15. The van der Waals surface area contributed by atoms with E-state index in [1.54, 1.807) is 24.3 Å². The number of nitrogens with zero attached hydrogens (tertiary/aromatic N) is 4. The number of hydrogen-bond donors (Lipinski definition) is 0. The highest BCUT2D eigenvalue weighted by molar-refractivity contribution is 5.94. The maximum Gasteiger partial charge on any atom is 0.253 e. The summed E-state index contributed by atoms with van der Waals surface area (Å²) in [5.74, 6) is 0.642. The molecule has 1 heterocycles. The van der Waals surface area contributed by atoms with Crippen molar-refractivity contribution in [2.45, 2.75) is 13.3 Å². The Morgan fingerprint density at radius 1 is 1.47 bits per heavy atom. The first kappa shape index (κ1) is 11.5. The fourth-order valence-corrected chi connectivity index (χ4v) is 2.02. The van der Waals surface area contributed by atoms with Crippen molar-refractivity contribution in [3.63, 3.8) is 0 Å². The quantitative estimate of drug-likeness (QED) is 0.437. The highest BCUT2D eigenvalue weighted by Gasteiger charge is 2.23. The molecule has 0 radical (unpaired) electrons. The van der Waals surface area contributed by atoms with Crippen molar-refractivity contribution in [3.05, 3.63) is 40.3 Å². The van der Waals surface area contributed by atoms with E-state index in [2.05, 4.69) is 16.9 Å². The number of hydrogen-bond acceptors (Lipinski definition) is 2. The van der Waals surface area contributed by atoms with Gasteiger partial charge in [0.15, 0.2) is 0 Å². The van der Waals surface area contributed by atoms with Crippen LogP contribution in [0.25, 0.3) is 10.4 Å². The van der Waals surface area contributed by atoms with E-state index >= 15 is 0 Å². The summed E-state index contributed by atoms with van der Waals surface area (Å²) in [6.45, 7) is 3.81. The van der Waals surface area contributed by atoms with Crippen molar-refractivity contribution < 1.29 is 4.79 Å². The summed E-state index contributed by atoms with van der Waals surface area (Å²) in [4.78, 5) is 16.6. The molecule has 0 bridgehead atoms. The van der Waals surface area contributed by atoms with Crippen LogP contribution in [0.15, 0.2) is 29.4 Å². The Morgan fingerprint density at radius 2 is 2.18 bits per heavy atom. The molecule has 0 aliphatic carbocycles. The Labute approximate surface area is 99.7 Å². The Hall–Kier alpha value is -2.00. The summed E-state index contributed by atoms with van der Waals surface area (Å²) in [6, 6.07) is 6.73. The van der Waals surface area contributed by atoms with Gasteiger partial charge >= 0.3 is 0 Å². The first-order chi connectivity index (χ1) is 8.20. The molecular formula is C12H14N4O. The van der Waals surface area contributed by atoms with Gasteiger partial charge in [-0.15, -0.1) is 0 Å². The van der Waals surface area contributed by atoms with Crippen LogP contribution in [0, 0.1) is 5.92 Å². The summed E-state index contributed by atoms with van der Waals surface area (Å²) < 4.78 is 0. The molecule has 17 heavy (non-hydrogen) atoms. The average Bonchev–Trinajstić information content (AvgIpc) is 2.76. The fraction of sp³-hybridized carbons (Fsp3) is 0.417. The molecule has 0 spiro atoms. The molecule has 5 heteroatoms. The van der Waals surface area contributed by atoms with Gasteiger partial charge in [0.2, 0.25) is 0 Å². The molecule has 0 saturated carbocycles. The molecule has 1 aromatic rings. The summed E-state index contributed by atoms with van der Waals surface area (Å²) >= 11 is 0. The predicted molar refractivity (Wildman–Crippen MR) is 64.9 cm³/mol. The minimum absolute atomic E-state index is 0.0573. The summed E-state index contributed by atoms with van der Waals surface area (Å²) in [5.41, 5.74) is 9.46. The molecule has 5 nitrogen and oxygen atoms in total. The van der Waals surface area contributed by atoms with Gasteiger partial charge in [-0.2, -0.15) is 0 Å². The molecule has 1 atom stereocenters. The van der Waals surface area contributed by atoms with Crippen molar-refractivity contribution in [2.75, 3.05) is 13.1 Å². The van der Waals surface area contributed by atoms with E-state index in [-0.39, 0.29) is 5.91 Å². The smallest absolute Gasteiger partial charge is 0.253 e. The number of rotatable bonds is 2. The Morgan fingerprint density at radius 3 is 2.71 bits per heavy atom. The summed E-state index contributed by atoms with van der Waals surface area (Å²) in [6.07, 6.45) is 1.07. The monoisotopic (exact) mass is 230 g/mol. The molecule has 2 rings (SSSR count). The van der Waals surface area contributed by atoms with Crippen LogP contribution in [0.2, 0.25) is 0 Å². The second-order valence-electron chi connectivity index (χ2n) is 4.38. The zero-order valence-corrected chi connectivity index (χ0v) is 9.71. The molecule has 0 aromatic heterocycles. The van der Waals surface area contributed by atoms with Gasteiger partial charge in [-0.3, -0.25) is 4.79 Å². The molecule has 1 fully saturated rings. The van der Waals surface area contributed by atoms with Gasteiger partial charge in [0.1, 0.15) is 0 Å². The zero-order chi connectivity index (χ0) is 12.3. The van der Waals surface area contributed by atoms with Gasteiger partial charge in [-0.05, 0) is 30.0 Å². The number of carbonyl (C=O) groups is 1. The molecule has 1 unspecified atom stereocenters. The zero-order valence-electron chi connectivity index (χ0n) is 9.71. The molecule has 88 valence electrons. The van der Waals surface area contributed by atoms with Crippen LogP contribution < -0.4 is 0 Å². The fourth-order valence-electron chi connectivity index (χ4n) is 2.02. The van der Waals surface area contributed by atoms with Crippen LogP contribution >= 0.6 is 0 Å². The third-order valence-corrected chi connectivity index (χ3v) is 2.99. The van der Waals surface area contributed by atoms with E-state index in [0.29, 0.717) is 17.2 Å². The lowest BCUT2D eigenvalue weighted by molar-refractivity contribution is 0.0788. The molecule has 1 aliphatic rings. The minimum Gasteiger partial charge on any atom is -0.338 e. The van der Waals surface area contributed by atoms with Crippen LogP contribution in [0.1, 0.15) is 23.7 Å². The third kappa shape index (κ3) is 2.57. The van der Waals surface area contributed by atoms with E-state index < -0.39 is 0 Å². The SMILES string of the molecule is CC1CCN(C(=O)c2ccc(N=[N+]=[N-])cc2)C1. The average molecular weight is 230 g/mol. The molecule has 1 saturated heterocycles. The van der Waals surface area contributed by atoms with Gasteiger partial charge in [-0.1, -0.05) is 24.2 Å². The number of likely N-dealkylation sites (tertiary alicyclic amines) is 1. The van der Waals surface area contributed by atoms with Crippen LogP contribution in [0.5, 0.6) is 0 Å². The second-order valence-corrected chi connectivity index (χ2v) is 4.38. The first-order valence-electron chi connectivity index (χ1n) is 5.65. The largest absolute Gasteiger partial charge is 0.338 e. The lowest BCUT2D eigenvalue weighted by atomic mass is 10.1. The highest BCUT2D eigenvalue weighted by atomic mass is 16.2. The van der Waals surface area contributed by atoms with Crippen molar-refractivity contribution in [1.29, 1.82) is 0 Å². The number of carbonyl (C=O) groups excluding carboxylic acids is 1. The van der Waals surface area contributed by atoms with Crippen molar-refractivity contribution in [1.82, 2.24) is 4.90 Å². The maximum atomic E-state index is 12.1. The molecule has 1 amide bonds. The third-order valence-electron chi connectivity index (χ3n) is 2.99. The minimum atomic E-state index is 0.0573. The van der Waals surface area contributed by atoms with E-state index in [1.807, 2.05) is 4.90 Å². The lowest BCUT2D eigenvalue weighted by Crippen LogP contribution is -2.28. The molecule has 1 aromatic carbocycles. The van der Waals surface area contributed by atoms with E-state index in [9.17, 15) is 4.79 Å². The first-order valence-corrected chi connectivity index (χ1v) is 5.65. The topological polar surface area (TPSA) is 69.1 Å². The van der Waals surface area contributed by atoms with Gasteiger partial charge in [0.25, 0.3) is 5.91 Å². The van der Waals surface area contributed by atoms with Crippen LogP contribution in [-0.2, 0) is 0 Å². The molecule has 1 aliphatic heterocycles. The molecular weight excluding hydrogens is 216 g/mol. The van der Waals surface area contributed by atoms with Gasteiger partial charge in [0.05, 0.1) is 0 Å². The summed E-state index contributed by atoms with van der Waals surface area (Å²) in [7, 11) is 0. The van der Waals surface area contributed by atoms with Crippen molar-refractivity contribution in [3.8, 4) is 0 Å². The van der Waals surface area contributed by atoms with Gasteiger partial charge in [0, 0.05) is 29.3 Å². The number of amides is 1. The van der Waals surface area contributed by atoms with Gasteiger partial charge < -0.3 is 4.90 Å². The number of azide groups is 1. The predicted octanol–water partition coefficient (Wildman–Crippen LogP) is 3.11. The maximum absolute atomic E-state index is 12.1. The highest BCUT2D eigenvalue weighted by Crippen LogP contribution is 2.19. The standard InChI is InChI=1S/C12H14N4O/c1-9-6-7-16(8-9)12(17)10-2-4-11(5-3-10)14-15-13/h2-5,9H,6-8H2,1H3. The van der Waals surface area contributed by atoms with Crippen LogP contribution in [0.4, 0.5) is 5.69 Å². The normalized spacial score (nSPS) is 18.9. The second kappa shape index (κ2) is 4.89.